The highest BCUT2D eigenvalue weighted by molar-refractivity contribution is 6.05. The maximum atomic E-state index is 13.1. The van der Waals surface area contributed by atoms with Crippen LogP contribution in [0.3, 0.4) is 0 Å². The van der Waals surface area contributed by atoms with Crippen molar-refractivity contribution < 1.29 is 14.4 Å². The minimum absolute atomic E-state index is 0.106. The number of benzene rings is 1. The Morgan fingerprint density at radius 1 is 1.25 bits per heavy atom. The van der Waals surface area contributed by atoms with Gasteiger partial charge < -0.3 is 16.0 Å². The summed E-state index contributed by atoms with van der Waals surface area (Å²) >= 11 is 0. The zero-order valence-corrected chi connectivity index (χ0v) is 15.9. The summed E-state index contributed by atoms with van der Waals surface area (Å²) in [7, 11) is 0. The Morgan fingerprint density at radius 2 is 2.11 bits per heavy atom. The van der Waals surface area contributed by atoms with Crippen LogP contribution in [0.15, 0.2) is 18.2 Å². The van der Waals surface area contributed by atoms with E-state index in [9.17, 15) is 14.4 Å². The molecule has 4 unspecified atom stereocenters. The second kappa shape index (κ2) is 6.39. The van der Waals surface area contributed by atoms with E-state index in [0.717, 1.165) is 36.3 Å². The Labute approximate surface area is 164 Å². The molecule has 1 saturated heterocycles. The average molecular weight is 382 g/mol. The smallest absolute Gasteiger partial charge is 0.255 e. The van der Waals surface area contributed by atoms with E-state index in [1.54, 1.807) is 4.90 Å². The number of imide groups is 1. The molecule has 3 fully saturated rings. The Morgan fingerprint density at radius 3 is 2.82 bits per heavy atom. The minimum Gasteiger partial charge on any atom is -0.324 e. The molecule has 5 rings (SSSR count). The van der Waals surface area contributed by atoms with E-state index in [0.29, 0.717) is 31.1 Å². The van der Waals surface area contributed by atoms with Gasteiger partial charge in [-0.2, -0.15) is 0 Å². The van der Waals surface area contributed by atoms with Crippen LogP contribution in [0, 0.1) is 5.92 Å². The molecular weight excluding hydrogens is 356 g/mol. The van der Waals surface area contributed by atoms with E-state index < -0.39 is 6.04 Å². The van der Waals surface area contributed by atoms with Crippen molar-refractivity contribution in [3.63, 3.8) is 0 Å². The summed E-state index contributed by atoms with van der Waals surface area (Å²) in [4.78, 5) is 38.4. The van der Waals surface area contributed by atoms with Crippen LogP contribution in [0.1, 0.15) is 60.0 Å². The summed E-state index contributed by atoms with van der Waals surface area (Å²) in [6.07, 6.45) is 5.17. The highest BCUT2D eigenvalue weighted by Crippen LogP contribution is 2.46. The third-order valence-corrected chi connectivity index (χ3v) is 7.13. The van der Waals surface area contributed by atoms with Gasteiger partial charge in [-0.05, 0) is 49.1 Å². The molecular formula is C21H26N4O3. The predicted molar refractivity (Wildman–Crippen MR) is 102 cm³/mol. The topological polar surface area (TPSA) is 105 Å². The maximum Gasteiger partial charge on any atom is 0.255 e. The zero-order valence-electron chi connectivity index (χ0n) is 15.9. The first kappa shape index (κ1) is 17.8. The maximum absolute atomic E-state index is 13.1. The van der Waals surface area contributed by atoms with Gasteiger partial charge in [0.05, 0.1) is 0 Å². The van der Waals surface area contributed by atoms with E-state index in [-0.39, 0.29) is 29.7 Å². The van der Waals surface area contributed by atoms with Crippen molar-refractivity contribution in [1.82, 2.24) is 15.5 Å². The number of rotatable bonds is 4. The van der Waals surface area contributed by atoms with Crippen LogP contribution < -0.4 is 16.4 Å². The number of fused-ring (bicyclic) bond motifs is 3. The van der Waals surface area contributed by atoms with Gasteiger partial charge in [0.2, 0.25) is 11.8 Å². The van der Waals surface area contributed by atoms with Gasteiger partial charge in [0.25, 0.3) is 5.91 Å². The molecule has 2 aliphatic heterocycles. The third-order valence-electron chi connectivity index (χ3n) is 7.13. The highest BCUT2D eigenvalue weighted by atomic mass is 16.2. The lowest BCUT2D eigenvalue weighted by atomic mass is 9.89. The van der Waals surface area contributed by atoms with Crippen molar-refractivity contribution in [2.24, 2.45) is 11.7 Å². The van der Waals surface area contributed by atoms with E-state index in [4.69, 9.17) is 5.73 Å². The summed E-state index contributed by atoms with van der Waals surface area (Å²) in [5, 5.41) is 5.96. The standard InChI is InChI=1S/C21H26N4O3/c22-21-7-6-12(9-21)8-16(21)23-10-13-2-1-3-14-11-25(20(28)18(13)14)15-4-5-17(26)24-19(15)27/h1-3,12,15-16,23H,4-11,22H2,(H,24,26,27). The second-order valence-corrected chi connectivity index (χ2v) is 8.86. The number of amides is 3. The van der Waals surface area contributed by atoms with Crippen LogP contribution in [-0.2, 0) is 22.7 Å². The summed E-state index contributed by atoms with van der Waals surface area (Å²) in [5.74, 6) is -0.0213. The summed E-state index contributed by atoms with van der Waals surface area (Å²) in [5.41, 5.74) is 9.09. The Hall–Kier alpha value is -2.25. The number of nitrogens with zero attached hydrogens (tertiary/aromatic N) is 1. The SMILES string of the molecule is NC12CCC(CC1NCc1cccc3c1C(=O)N(C1CCC(=O)NC1=O)C3)C2. The molecule has 2 aliphatic carbocycles. The van der Waals surface area contributed by atoms with E-state index in [1.807, 2.05) is 18.2 Å². The fraction of sp³-hybridized carbons (Fsp3) is 0.571. The Kier molecular flexibility index (Phi) is 4.07. The number of hydrogen-bond donors (Lipinski definition) is 3. The predicted octanol–water partition coefficient (Wildman–Crippen LogP) is 0.807. The van der Waals surface area contributed by atoms with Gasteiger partial charge in [-0.15, -0.1) is 0 Å². The molecule has 7 heteroatoms. The third kappa shape index (κ3) is 2.76. The number of carbonyl (C=O) groups is 3. The lowest BCUT2D eigenvalue weighted by Gasteiger charge is -2.32. The first-order valence-electron chi connectivity index (χ1n) is 10.2. The van der Waals surface area contributed by atoms with Gasteiger partial charge in [-0.3, -0.25) is 19.7 Å². The van der Waals surface area contributed by atoms with Crippen molar-refractivity contribution in [2.75, 3.05) is 0 Å². The van der Waals surface area contributed by atoms with Crippen LogP contribution in [0.4, 0.5) is 0 Å². The molecule has 4 atom stereocenters. The monoisotopic (exact) mass is 382 g/mol. The van der Waals surface area contributed by atoms with Crippen molar-refractivity contribution in [3.8, 4) is 0 Å². The fourth-order valence-corrected chi connectivity index (χ4v) is 5.66. The van der Waals surface area contributed by atoms with Crippen LogP contribution in [0.2, 0.25) is 0 Å². The largest absolute Gasteiger partial charge is 0.324 e. The summed E-state index contributed by atoms with van der Waals surface area (Å²) < 4.78 is 0. The molecule has 4 N–H and O–H groups in total. The van der Waals surface area contributed by atoms with E-state index >= 15 is 0 Å². The van der Waals surface area contributed by atoms with E-state index in [1.165, 1.54) is 6.42 Å². The first-order chi connectivity index (χ1) is 13.4. The van der Waals surface area contributed by atoms with Gasteiger partial charge in [-0.1, -0.05) is 18.2 Å². The molecule has 148 valence electrons. The molecule has 0 spiro atoms. The molecule has 2 saturated carbocycles. The zero-order chi connectivity index (χ0) is 19.5. The Balaban J connectivity index is 1.33. The van der Waals surface area contributed by atoms with Gasteiger partial charge in [0, 0.05) is 36.7 Å². The van der Waals surface area contributed by atoms with Crippen LogP contribution in [0.25, 0.3) is 0 Å². The van der Waals surface area contributed by atoms with Gasteiger partial charge in [0.1, 0.15) is 6.04 Å². The molecule has 0 radical (unpaired) electrons. The minimum atomic E-state index is -0.573. The number of nitrogens with one attached hydrogen (secondary N) is 2. The molecule has 2 bridgehead atoms. The van der Waals surface area contributed by atoms with Crippen LogP contribution >= 0.6 is 0 Å². The fourth-order valence-electron chi connectivity index (χ4n) is 5.66. The summed E-state index contributed by atoms with van der Waals surface area (Å²) in [6, 6.07) is 5.62. The molecule has 4 aliphatic rings. The van der Waals surface area contributed by atoms with Gasteiger partial charge >= 0.3 is 0 Å². The quantitative estimate of drug-likeness (QED) is 0.669. The molecule has 28 heavy (non-hydrogen) atoms. The van der Waals surface area contributed by atoms with Gasteiger partial charge in [0.15, 0.2) is 0 Å². The molecule has 2 heterocycles. The number of carbonyl (C=O) groups excluding carboxylic acids is 3. The van der Waals surface area contributed by atoms with Crippen molar-refractivity contribution in [1.29, 1.82) is 0 Å². The highest BCUT2D eigenvalue weighted by Gasteiger charge is 2.49. The number of nitrogens with two attached hydrogens (primary N) is 1. The van der Waals surface area contributed by atoms with Gasteiger partial charge in [-0.25, -0.2) is 0 Å². The normalized spacial score (nSPS) is 34.1. The first-order valence-corrected chi connectivity index (χ1v) is 10.2. The molecule has 0 aromatic heterocycles. The van der Waals surface area contributed by atoms with Crippen LogP contribution in [-0.4, -0.2) is 40.2 Å². The second-order valence-electron chi connectivity index (χ2n) is 8.86. The van der Waals surface area contributed by atoms with Crippen molar-refractivity contribution >= 4 is 17.7 Å². The molecule has 1 aromatic carbocycles. The molecule has 7 nitrogen and oxygen atoms in total. The Bertz CT molecular complexity index is 869. The lowest BCUT2D eigenvalue weighted by Crippen LogP contribution is -2.53. The lowest BCUT2D eigenvalue weighted by molar-refractivity contribution is -0.136. The van der Waals surface area contributed by atoms with Crippen molar-refractivity contribution in [3.05, 3.63) is 34.9 Å². The summed E-state index contributed by atoms with van der Waals surface area (Å²) in [6.45, 7) is 1.02. The van der Waals surface area contributed by atoms with E-state index in [2.05, 4.69) is 10.6 Å². The molecule has 1 aromatic rings. The average Bonchev–Trinajstić information content (AvgIpc) is 3.30. The molecule has 3 amide bonds. The van der Waals surface area contributed by atoms with Crippen molar-refractivity contribution in [2.45, 2.75) is 69.2 Å². The number of piperidine rings is 1. The van der Waals surface area contributed by atoms with Crippen LogP contribution in [0.5, 0.6) is 0 Å². The number of hydrogen-bond acceptors (Lipinski definition) is 5.